The highest BCUT2D eigenvalue weighted by atomic mass is 35.5. The van der Waals surface area contributed by atoms with Crippen LogP contribution in [0.1, 0.15) is 6.92 Å². The summed E-state index contributed by atoms with van der Waals surface area (Å²) in [4.78, 5) is 12.1. The van der Waals surface area contributed by atoms with Crippen molar-refractivity contribution in [2.75, 3.05) is 18.4 Å². The third kappa shape index (κ3) is 3.23. The van der Waals surface area contributed by atoms with Crippen LogP contribution in [0.25, 0.3) is 10.6 Å². The summed E-state index contributed by atoms with van der Waals surface area (Å²) in [6.07, 6.45) is 0. The molecule has 0 aliphatic carbocycles. The fourth-order valence-electron chi connectivity index (χ4n) is 2.11. The number of amides is 1. The van der Waals surface area contributed by atoms with E-state index in [0.717, 1.165) is 23.7 Å². The van der Waals surface area contributed by atoms with Gasteiger partial charge < -0.3 is 10.6 Å². The Morgan fingerprint density at radius 2 is 2.29 bits per heavy atom. The minimum atomic E-state index is -0.0234. The Labute approximate surface area is 131 Å². The van der Waals surface area contributed by atoms with E-state index in [2.05, 4.69) is 20.8 Å². The van der Waals surface area contributed by atoms with Crippen LogP contribution in [0.2, 0.25) is 5.02 Å². The molecule has 2 aromatic rings. The number of nitrogens with one attached hydrogen (secondary N) is 2. The third-order valence-corrected chi connectivity index (χ3v) is 4.78. The van der Waals surface area contributed by atoms with Gasteiger partial charge in [0.05, 0.1) is 0 Å². The summed E-state index contributed by atoms with van der Waals surface area (Å²) < 4.78 is 0. The molecule has 5 nitrogen and oxygen atoms in total. The third-order valence-electron chi connectivity index (χ3n) is 3.66. The van der Waals surface area contributed by atoms with Crippen molar-refractivity contribution in [3.05, 3.63) is 29.3 Å². The summed E-state index contributed by atoms with van der Waals surface area (Å²) in [5.74, 6) is 0.380. The van der Waals surface area contributed by atoms with Crippen LogP contribution in [0.15, 0.2) is 24.3 Å². The molecule has 0 saturated carbocycles. The number of carbonyl (C=O) groups excluding carboxylic acids is 1. The maximum atomic E-state index is 12.1. The van der Waals surface area contributed by atoms with Crippen molar-refractivity contribution in [1.82, 2.24) is 15.5 Å². The van der Waals surface area contributed by atoms with Crippen molar-refractivity contribution in [2.45, 2.75) is 6.92 Å². The summed E-state index contributed by atoms with van der Waals surface area (Å²) in [5, 5.41) is 16.1. The van der Waals surface area contributed by atoms with Gasteiger partial charge in [0.1, 0.15) is 5.01 Å². The van der Waals surface area contributed by atoms with E-state index in [9.17, 15) is 4.79 Å². The van der Waals surface area contributed by atoms with E-state index < -0.39 is 0 Å². The molecule has 1 atom stereocenters. The average Bonchev–Trinajstić information content (AvgIpc) is 2.85. The predicted octanol–water partition coefficient (Wildman–Crippen LogP) is 2.65. The number of hydrogen-bond donors (Lipinski definition) is 2. The molecule has 1 aliphatic heterocycles. The van der Waals surface area contributed by atoms with Crippen LogP contribution in [-0.4, -0.2) is 29.2 Å². The van der Waals surface area contributed by atoms with E-state index in [-0.39, 0.29) is 11.8 Å². The molecule has 0 radical (unpaired) electrons. The molecule has 0 bridgehead atoms. The molecule has 1 fully saturated rings. The first-order valence-electron chi connectivity index (χ1n) is 6.74. The molecule has 1 saturated heterocycles. The summed E-state index contributed by atoms with van der Waals surface area (Å²) in [5.41, 5.74) is 0.900. The lowest BCUT2D eigenvalue weighted by Gasteiger charge is -2.31. The number of nitrogens with zero attached hydrogens (tertiary/aromatic N) is 2. The fraction of sp³-hybridized carbons (Fsp3) is 0.357. The van der Waals surface area contributed by atoms with E-state index >= 15 is 0 Å². The van der Waals surface area contributed by atoms with E-state index in [0.29, 0.717) is 16.1 Å². The molecule has 1 unspecified atom stereocenters. The highest BCUT2D eigenvalue weighted by Crippen LogP contribution is 2.28. The monoisotopic (exact) mass is 322 g/mol. The molecule has 0 spiro atoms. The Morgan fingerprint density at radius 1 is 1.48 bits per heavy atom. The van der Waals surface area contributed by atoms with Gasteiger partial charge in [-0.1, -0.05) is 42.0 Å². The van der Waals surface area contributed by atoms with Gasteiger partial charge in [-0.15, -0.1) is 10.2 Å². The number of halogens is 1. The lowest BCUT2D eigenvalue weighted by molar-refractivity contribution is -0.121. The molecular weight excluding hydrogens is 308 g/mol. The van der Waals surface area contributed by atoms with E-state index in [1.54, 1.807) is 0 Å². The van der Waals surface area contributed by atoms with Gasteiger partial charge in [0.2, 0.25) is 11.0 Å². The first kappa shape index (κ1) is 14.4. The topological polar surface area (TPSA) is 66.9 Å². The Morgan fingerprint density at radius 3 is 2.95 bits per heavy atom. The van der Waals surface area contributed by atoms with Gasteiger partial charge in [0.15, 0.2) is 0 Å². The van der Waals surface area contributed by atoms with Gasteiger partial charge in [-0.3, -0.25) is 4.79 Å². The number of rotatable bonds is 4. The molecular formula is C14H15ClN4OS. The van der Waals surface area contributed by atoms with Crippen molar-refractivity contribution in [3.63, 3.8) is 0 Å². The van der Waals surface area contributed by atoms with Crippen LogP contribution in [0.3, 0.4) is 0 Å². The molecule has 1 aromatic heterocycles. The molecule has 1 aromatic carbocycles. The first-order chi connectivity index (χ1) is 10.1. The van der Waals surface area contributed by atoms with Crippen LogP contribution < -0.4 is 10.6 Å². The number of benzene rings is 1. The molecule has 3 rings (SSSR count). The lowest BCUT2D eigenvalue weighted by atomic mass is 9.88. The predicted molar refractivity (Wildman–Crippen MR) is 84.5 cm³/mol. The van der Waals surface area contributed by atoms with Gasteiger partial charge in [-0.25, -0.2) is 0 Å². The van der Waals surface area contributed by atoms with Crippen LogP contribution >= 0.6 is 22.9 Å². The number of anilines is 1. The molecule has 1 amide bonds. The second kappa shape index (κ2) is 6.09. The second-order valence-electron chi connectivity index (χ2n) is 5.12. The number of aromatic nitrogens is 2. The highest BCUT2D eigenvalue weighted by molar-refractivity contribution is 7.18. The van der Waals surface area contributed by atoms with Crippen molar-refractivity contribution in [2.24, 2.45) is 11.8 Å². The summed E-state index contributed by atoms with van der Waals surface area (Å²) in [6.45, 7) is 3.75. The zero-order valence-electron chi connectivity index (χ0n) is 11.5. The van der Waals surface area contributed by atoms with E-state index in [4.69, 9.17) is 11.6 Å². The largest absolute Gasteiger partial charge is 0.316 e. The lowest BCUT2D eigenvalue weighted by Crippen LogP contribution is -2.48. The van der Waals surface area contributed by atoms with Crippen LogP contribution in [-0.2, 0) is 4.79 Å². The number of hydrogen-bond acceptors (Lipinski definition) is 5. The van der Waals surface area contributed by atoms with Crippen molar-refractivity contribution in [3.8, 4) is 10.6 Å². The van der Waals surface area contributed by atoms with E-state index in [1.807, 2.05) is 31.2 Å². The summed E-state index contributed by atoms with van der Waals surface area (Å²) >= 11 is 7.31. The highest BCUT2D eigenvalue weighted by Gasteiger charge is 2.29. The van der Waals surface area contributed by atoms with Gasteiger partial charge in [0.25, 0.3) is 0 Å². The van der Waals surface area contributed by atoms with Gasteiger partial charge in [-0.05, 0) is 31.1 Å². The van der Waals surface area contributed by atoms with Gasteiger partial charge >= 0.3 is 0 Å². The Kier molecular flexibility index (Phi) is 4.19. The fourth-order valence-corrected chi connectivity index (χ4v) is 3.04. The summed E-state index contributed by atoms with van der Waals surface area (Å²) in [6, 6.07) is 7.42. The Bertz CT molecular complexity index is 656. The van der Waals surface area contributed by atoms with Crippen LogP contribution in [0, 0.1) is 11.8 Å². The van der Waals surface area contributed by atoms with Crippen LogP contribution in [0.4, 0.5) is 5.13 Å². The van der Waals surface area contributed by atoms with Crippen molar-refractivity contribution < 1.29 is 4.79 Å². The minimum absolute atomic E-state index is 0.00436. The van der Waals surface area contributed by atoms with Crippen molar-refractivity contribution in [1.29, 1.82) is 0 Å². The Balaban J connectivity index is 1.69. The average molecular weight is 323 g/mol. The Hall–Kier alpha value is -1.50. The number of carbonyl (C=O) groups is 1. The second-order valence-corrected chi connectivity index (χ2v) is 6.53. The maximum Gasteiger partial charge on any atom is 0.229 e. The minimum Gasteiger partial charge on any atom is -0.316 e. The molecule has 110 valence electrons. The molecule has 2 N–H and O–H groups in total. The molecule has 21 heavy (non-hydrogen) atoms. The van der Waals surface area contributed by atoms with Gasteiger partial charge in [0, 0.05) is 16.5 Å². The first-order valence-corrected chi connectivity index (χ1v) is 7.94. The normalized spacial score (nSPS) is 16.3. The molecule has 7 heteroatoms. The maximum absolute atomic E-state index is 12.1. The molecule has 2 heterocycles. The summed E-state index contributed by atoms with van der Waals surface area (Å²) in [7, 11) is 0. The van der Waals surface area contributed by atoms with E-state index in [1.165, 1.54) is 11.3 Å². The van der Waals surface area contributed by atoms with Crippen LogP contribution in [0.5, 0.6) is 0 Å². The van der Waals surface area contributed by atoms with Crippen molar-refractivity contribution >= 4 is 34.0 Å². The zero-order chi connectivity index (χ0) is 14.8. The SMILES string of the molecule is CC(C(=O)Nc1nnc(-c2cccc(Cl)c2)s1)C1CNC1. The quantitative estimate of drug-likeness (QED) is 0.908. The standard InChI is InChI=1S/C14H15ClN4OS/c1-8(10-6-16-7-10)12(20)17-14-19-18-13(21-14)9-3-2-4-11(15)5-9/h2-5,8,10,16H,6-7H2,1H3,(H,17,19,20). The van der Waals surface area contributed by atoms with Gasteiger partial charge in [-0.2, -0.15) is 0 Å². The zero-order valence-corrected chi connectivity index (χ0v) is 13.0. The smallest absolute Gasteiger partial charge is 0.229 e. The molecule has 1 aliphatic rings.